The van der Waals surface area contributed by atoms with Gasteiger partial charge in [0.25, 0.3) is 0 Å². The molecular weight excluding hydrogens is 348 g/mol. The third kappa shape index (κ3) is 5.68. The molecule has 0 aromatic heterocycles. The zero-order valence-electron chi connectivity index (χ0n) is 15.6. The van der Waals surface area contributed by atoms with E-state index in [-0.39, 0.29) is 18.5 Å². The summed E-state index contributed by atoms with van der Waals surface area (Å²) in [5.41, 5.74) is 1.08. The lowest BCUT2D eigenvalue weighted by Crippen LogP contribution is -2.54. The van der Waals surface area contributed by atoms with Crippen molar-refractivity contribution in [1.82, 2.24) is 10.2 Å². The Hall–Kier alpha value is -2.12. The van der Waals surface area contributed by atoms with E-state index in [1.54, 1.807) is 4.90 Å². The van der Waals surface area contributed by atoms with E-state index in [4.69, 9.17) is 14.6 Å². The molecule has 2 saturated heterocycles. The largest absolute Gasteiger partial charge is 0.481 e. The van der Waals surface area contributed by atoms with Crippen LogP contribution < -0.4 is 5.32 Å². The van der Waals surface area contributed by atoms with Crippen LogP contribution in [-0.2, 0) is 20.7 Å². The molecule has 27 heavy (non-hydrogen) atoms. The number of hydrogen-bond donors (Lipinski definition) is 2. The predicted molar refractivity (Wildman–Crippen MR) is 99.4 cm³/mol. The first kappa shape index (κ1) is 19.6. The lowest BCUT2D eigenvalue weighted by atomic mass is 10.0. The number of likely N-dealkylation sites (tertiary alicyclic amines) is 1. The highest BCUT2D eigenvalue weighted by Gasteiger charge is 2.39. The van der Waals surface area contributed by atoms with Crippen LogP contribution in [0.4, 0.5) is 4.79 Å². The first-order valence-corrected chi connectivity index (χ1v) is 9.65. The van der Waals surface area contributed by atoms with Crippen LogP contribution in [0, 0.1) is 0 Å². The van der Waals surface area contributed by atoms with Crippen molar-refractivity contribution >= 4 is 12.0 Å². The van der Waals surface area contributed by atoms with Gasteiger partial charge < -0.3 is 24.8 Å². The van der Waals surface area contributed by atoms with Gasteiger partial charge in [-0.2, -0.15) is 0 Å². The van der Waals surface area contributed by atoms with E-state index in [0.29, 0.717) is 52.0 Å². The van der Waals surface area contributed by atoms with E-state index in [0.717, 1.165) is 12.0 Å². The summed E-state index contributed by atoms with van der Waals surface area (Å²) in [6, 6.07) is 9.44. The summed E-state index contributed by atoms with van der Waals surface area (Å²) in [6.07, 6.45) is 3.29. The highest BCUT2D eigenvalue weighted by atomic mass is 16.7. The first-order chi connectivity index (χ1) is 13.1. The Morgan fingerprint density at radius 1 is 1.15 bits per heavy atom. The number of urea groups is 1. The number of nitrogens with one attached hydrogen (secondary N) is 1. The van der Waals surface area contributed by atoms with Crippen LogP contribution in [0.3, 0.4) is 0 Å². The van der Waals surface area contributed by atoms with Gasteiger partial charge in [-0.1, -0.05) is 30.3 Å². The standard InChI is InChI=1S/C20H28N2O5/c23-18(24)8-7-17(15-16-5-2-1-3-6-16)21-19(25)22-11-9-20(10-12-22)26-13-4-14-27-20/h1-3,5-6,17H,4,7-15H2,(H,21,25)(H,23,24). The van der Waals surface area contributed by atoms with E-state index in [9.17, 15) is 9.59 Å². The Morgan fingerprint density at radius 2 is 1.81 bits per heavy atom. The van der Waals surface area contributed by atoms with Crippen LogP contribution in [-0.4, -0.2) is 60.1 Å². The highest BCUT2D eigenvalue weighted by molar-refractivity contribution is 5.75. The molecule has 1 aromatic carbocycles. The van der Waals surface area contributed by atoms with Crippen molar-refractivity contribution in [2.24, 2.45) is 0 Å². The minimum atomic E-state index is -0.853. The van der Waals surface area contributed by atoms with Gasteiger partial charge in [-0.25, -0.2) is 4.79 Å². The summed E-state index contributed by atoms with van der Waals surface area (Å²) in [6.45, 7) is 2.56. The molecule has 1 unspecified atom stereocenters. The van der Waals surface area contributed by atoms with E-state index < -0.39 is 11.8 Å². The molecular formula is C20H28N2O5. The van der Waals surface area contributed by atoms with Crippen molar-refractivity contribution in [3.8, 4) is 0 Å². The molecule has 0 bridgehead atoms. The maximum atomic E-state index is 12.7. The van der Waals surface area contributed by atoms with E-state index in [1.165, 1.54) is 0 Å². The Labute approximate surface area is 159 Å². The fraction of sp³-hybridized carbons (Fsp3) is 0.600. The van der Waals surface area contributed by atoms with Crippen LogP contribution in [0.2, 0.25) is 0 Å². The topological polar surface area (TPSA) is 88.1 Å². The number of hydrogen-bond acceptors (Lipinski definition) is 4. The lowest BCUT2D eigenvalue weighted by molar-refractivity contribution is -0.281. The Bertz CT molecular complexity index is 621. The van der Waals surface area contributed by atoms with Gasteiger partial charge in [0.1, 0.15) is 0 Å². The second-order valence-corrected chi connectivity index (χ2v) is 7.22. The Morgan fingerprint density at radius 3 is 2.44 bits per heavy atom. The van der Waals surface area contributed by atoms with Gasteiger partial charge in [-0.15, -0.1) is 0 Å². The van der Waals surface area contributed by atoms with Crippen LogP contribution in [0.25, 0.3) is 0 Å². The van der Waals surface area contributed by atoms with Crippen LogP contribution in [0.1, 0.15) is 37.7 Å². The maximum absolute atomic E-state index is 12.7. The minimum absolute atomic E-state index is 0.0303. The zero-order valence-corrected chi connectivity index (χ0v) is 15.6. The van der Waals surface area contributed by atoms with Gasteiger partial charge in [0.05, 0.1) is 13.2 Å². The minimum Gasteiger partial charge on any atom is -0.481 e. The molecule has 0 aliphatic carbocycles. The molecule has 2 N–H and O–H groups in total. The van der Waals surface area contributed by atoms with Gasteiger partial charge >= 0.3 is 12.0 Å². The van der Waals surface area contributed by atoms with Crippen LogP contribution in [0.5, 0.6) is 0 Å². The van der Waals surface area contributed by atoms with Crippen molar-refractivity contribution in [3.63, 3.8) is 0 Å². The Kier molecular flexibility index (Phi) is 6.68. The average molecular weight is 376 g/mol. The monoisotopic (exact) mass is 376 g/mol. The predicted octanol–water partition coefficient (Wildman–Crippen LogP) is 2.40. The number of amides is 2. The second kappa shape index (κ2) is 9.19. The molecule has 148 valence electrons. The van der Waals surface area contributed by atoms with Crippen molar-refractivity contribution in [2.75, 3.05) is 26.3 Å². The van der Waals surface area contributed by atoms with Gasteiger partial charge in [0, 0.05) is 38.4 Å². The number of piperidine rings is 1. The first-order valence-electron chi connectivity index (χ1n) is 9.65. The molecule has 0 radical (unpaired) electrons. The molecule has 3 rings (SSSR count). The summed E-state index contributed by atoms with van der Waals surface area (Å²) < 4.78 is 11.6. The van der Waals surface area contributed by atoms with E-state index in [2.05, 4.69) is 5.32 Å². The van der Waals surface area contributed by atoms with Crippen molar-refractivity contribution in [3.05, 3.63) is 35.9 Å². The molecule has 7 heteroatoms. The van der Waals surface area contributed by atoms with Crippen molar-refractivity contribution < 1.29 is 24.2 Å². The van der Waals surface area contributed by atoms with Gasteiger partial charge in [0.15, 0.2) is 5.79 Å². The Balaban J connectivity index is 1.54. The number of carbonyl (C=O) groups excluding carboxylic acids is 1. The van der Waals surface area contributed by atoms with Gasteiger partial charge in [0.2, 0.25) is 0 Å². The van der Waals surface area contributed by atoms with E-state index >= 15 is 0 Å². The quantitative estimate of drug-likeness (QED) is 0.796. The van der Waals surface area contributed by atoms with Crippen LogP contribution in [0.15, 0.2) is 30.3 Å². The summed E-state index contributed by atoms with van der Waals surface area (Å²) in [7, 11) is 0. The molecule has 1 spiro atoms. The smallest absolute Gasteiger partial charge is 0.317 e. The van der Waals surface area contributed by atoms with Crippen molar-refractivity contribution in [2.45, 2.75) is 50.4 Å². The normalized spacial score (nSPS) is 20.2. The summed E-state index contributed by atoms with van der Waals surface area (Å²) in [4.78, 5) is 25.4. The summed E-state index contributed by atoms with van der Waals surface area (Å²) in [5.74, 6) is -1.38. The van der Waals surface area contributed by atoms with E-state index in [1.807, 2.05) is 30.3 Å². The molecule has 1 aromatic rings. The second-order valence-electron chi connectivity index (χ2n) is 7.22. The molecule has 2 heterocycles. The fourth-order valence-electron chi connectivity index (χ4n) is 3.64. The summed E-state index contributed by atoms with van der Waals surface area (Å²) >= 11 is 0. The molecule has 2 aliphatic heterocycles. The number of rotatable bonds is 6. The van der Waals surface area contributed by atoms with Gasteiger partial charge in [-0.3, -0.25) is 4.79 Å². The number of aliphatic carboxylic acids is 1. The molecule has 0 saturated carbocycles. The molecule has 7 nitrogen and oxygen atoms in total. The number of carboxylic acids is 1. The molecule has 2 amide bonds. The third-order valence-corrected chi connectivity index (χ3v) is 5.19. The third-order valence-electron chi connectivity index (χ3n) is 5.19. The number of nitrogens with zero attached hydrogens (tertiary/aromatic N) is 1. The molecule has 2 aliphatic rings. The molecule has 1 atom stereocenters. The number of carbonyl (C=O) groups is 2. The van der Waals surface area contributed by atoms with Gasteiger partial charge in [-0.05, 0) is 24.8 Å². The number of benzene rings is 1. The molecule has 2 fully saturated rings. The average Bonchev–Trinajstić information content (AvgIpc) is 2.68. The van der Waals surface area contributed by atoms with Crippen molar-refractivity contribution in [1.29, 1.82) is 0 Å². The lowest BCUT2D eigenvalue weighted by Gasteiger charge is -2.43. The SMILES string of the molecule is O=C(O)CCC(Cc1ccccc1)NC(=O)N1CCC2(CC1)OCCCO2. The maximum Gasteiger partial charge on any atom is 0.317 e. The number of ether oxygens (including phenoxy) is 2. The fourth-order valence-corrected chi connectivity index (χ4v) is 3.64. The zero-order chi connectivity index (χ0) is 19.1. The number of carboxylic acid groups (broad SMARTS) is 1. The summed E-state index contributed by atoms with van der Waals surface area (Å²) in [5, 5.41) is 12.0. The van der Waals surface area contributed by atoms with Crippen LogP contribution >= 0.6 is 0 Å². The highest BCUT2D eigenvalue weighted by Crippen LogP contribution is 2.30.